The summed E-state index contributed by atoms with van der Waals surface area (Å²) in [5.74, 6) is -1.26. The Hall–Kier alpha value is -7.93. The van der Waals surface area contributed by atoms with Crippen LogP contribution in [0.25, 0.3) is 10.4 Å². The number of nitrogens with one attached hydrogen (secondary N) is 4. The molecule has 0 radical (unpaired) electrons. The molecule has 39 heteroatoms. The molecule has 2 saturated heterocycles. The van der Waals surface area contributed by atoms with Gasteiger partial charge in [0.15, 0.2) is 0 Å². The smallest absolute Gasteiger partial charge is 0.397 e. The summed E-state index contributed by atoms with van der Waals surface area (Å²) in [7, 11) is -9.78. The minimum absolute atomic E-state index is 0.0160. The van der Waals surface area contributed by atoms with Gasteiger partial charge in [0.1, 0.15) is 98.1 Å². The number of carbonyl (C=O) groups is 4. The largest absolute Gasteiger partial charge is 0.487 e. The molecule has 0 bridgehead atoms. The average molecular weight is 1340 g/mol. The van der Waals surface area contributed by atoms with Crippen molar-refractivity contribution in [2.24, 2.45) is 5.11 Å². The second kappa shape index (κ2) is 34.7. The highest BCUT2D eigenvalue weighted by molar-refractivity contribution is 7.81. The molecule has 0 unspecified atom stereocenters. The van der Waals surface area contributed by atoms with Crippen LogP contribution in [0.15, 0.2) is 84.2 Å². The summed E-state index contributed by atoms with van der Waals surface area (Å²) in [6.07, 6.45) is -8.24. The summed E-state index contributed by atoms with van der Waals surface area (Å²) in [4.78, 5) is 51.8. The Kier molecular flexibility index (Phi) is 26.9. The molecule has 2 fully saturated rings. The Balaban J connectivity index is 0.753. The van der Waals surface area contributed by atoms with Gasteiger partial charge in [0, 0.05) is 36.2 Å². The highest BCUT2D eigenvalue weighted by Crippen LogP contribution is 2.35. The molecular formula is C53H69N13O24S2. The minimum Gasteiger partial charge on any atom is -0.487 e. The average Bonchev–Trinajstić information content (AvgIpc) is 1.47. The first-order valence-electron chi connectivity index (χ1n) is 28.0. The number of ether oxygens (including phenoxy) is 8. The number of azide groups is 1. The molecule has 10 atom stereocenters. The SMILES string of the molecule is CC(=O)N[C@@H]1[C@@H](O)[C@H](O)[C@@H](COS(=O)(=O)O)O[C@H]1c1ccc(NC(=O)COCCOCCn2cc(COc3cc(CN=[N+]=[N-])cc(OCc4cn(CCOCCOCC(=O)Nc5ccc([C@@H]6O[C@H](COS(=O)(=O)O)[C@@H](O)[C@H](O)[C@H]6NC(C)=O)cc5)nn4)c3)nn2)cc1. The number of benzene rings is 3. The molecule has 2 aromatic heterocycles. The topological polar surface area (TPSA) is 509 Å². The number of aliphatic hydroxyl groups is 4. The fraction of sp³-hybridized carbons (Fsp3) is 0.509. The molecule has 10 N–H and O–H groups in total. The van der Waals surface area contributed by atoms with Gasteiger partial charge in [0.2, 0.25) is 23.6 Å². The Bertz CT molecular complexity index is 3290. The number of rotatable bonds is 36. The number of amides is 4. The summed E-state index contributed by atoms with van der Waals surface area (Å²) in [6, 6.07) is 14.9. The van der Waals surface area contributed by atoms with E-state index in [2.05, 4.69) is 60.3 Å². The second-order valence-electron chi connectivity index (χ2n) is 20.4. The van der Waals surface area contributed by atoms with Crippen molar-refractivity contribution < 1.29 is 112 Å². The molecule has 2 aliphatic heterocycles. The number of aliphatic hydroxyl groups excluding tert-OH is 4. The van der Waals surface area contributed by atoms with Crippen LogP contribution in [-0.4, -0.2) is 215 Å². The van der Waals surface area contributed by atoms with E-state index in [9.17, 15) is 56.4 Å². The lowest BCUT2D eigenvalue weighted by atomic mass is 9.89. The third kappa shape index (κ3) is 23.3. The normalized spacial score (nSPS) is 21.6. The van der Waals surface area contributed by atoms with Crippen molar-refractivity contribution in [1.29, 1.82) is 0 Å². The quantitative estimate of drug-likeness (QED) is 0.00768. The van der Waals surface area contributed by atoms with E-state index < -0.39 is 119 Å². The van der Waals surface area contributed by atoms with Gasteiger partial charge in [-0.2, -0.15) is 16.8 Å². The molecule has 0 saturated carbocycles. The van der Waals surface area contributed by atoms with Crippen LogP contribution in [-0.2, 0) is 110 Å². The van der Waals surface area contributed by atoms with Crippen LogP contribution in [0.1, 0.15) is 54.1 Å². The molecular weight excluding hydrogens is 1270 g/mol. The molecule has 502 valence electrons. The standard InChI is InChI=1S/C53H69N13O24S2/c1-31(67)56-46-50(73)48(71)42(27-87-91(75,76)77)89-52(46)34-3-7-36(8-4-34)58-44(69)29-83-17-15-81-13-11-65-23-38(60-63-65)25-85-40-19-33(22-55-62-54)20-41(21-40)86-26-39-24-66(64-61-39)12-14-82-16-18-84-30-45(70)59-37-9-5-35(6-10-37)53-47(57-32(2)68)51(74)49(72)43(90-53)28-88-92(78,79)80/h3-10,19-21,23-24,42-43,46-53,71-74H,11-18,22,25-30H2,1-2H3,(H,56,67)(H,57,68)(H,58,69)(H,59,70)(H,75,76,77)(H,78,79,80)/t42-,43-,46-,47-,48-,49-,50-,51-,52+,53+/m1/s1. The summed E-state index contributed by atoms with van der Waals surface area (Å²) >= 11 is 0. The number of nitrogens with zero attached hydrogens (tertiary/aromatic N) is 9. The molecule has 2 aliphatic rings. The predicted octanol–water partition coefficient (Wildman–Crippen LogP) is -0.847. The van der Waals surface area contributed by atoms with E-state index in [0.717, 1.165) is 0 Å². The number of hydrogen-bond donors (Lipinski definition) is 10. The van der Waals surface area contributed by atoms with Crippen molar-refractivity contribution in [3.8, 4) is 11.5 Å². The van der Waals surface area contributed by atoms with E-state index in [1.54, 1.807) is 40.0 Å². The highest BCUT2D eigenvalue weighted by atomic mass is 32.3. The van der Waals surface area contributed by atoms with Gasteiger partial charge in [0.05, 0.1) is 97.0 Å². The lowest BCUT2D eigenvalue weighted by Crippen LogP contribution is -2.61. The first-order valence-corrected chi connectivity index (χ1v) is 30.7. The van der Waals surface area contributed by atoms with Gasteiger partial charge in [-0.3, -0.25) is 28.3 Å². The first kappa shape index (κ1) is 71.5. The maximum atomic E-state index is 12.6. The third-order valence-electron chi connectivity index (χ3n) is 13.4. The van der Waals surface area contributed by atoms with Crippen molar-refractivity contribution in [1.82, 2.24) is 40.6 Å². The predicted molar refractivity (Wildman–Crippen MR) is 311 cm³/mol. The number of anilines is 2. The van der Waals surface area contributed by atoms with Gasteiger partial charge in [0.25, 0.3) is 0 Å². The van der Waals surface area contributed by atoms with Gasteiger partial charge in [-0.15, -0.1) is 10.2 Å². The minimum atomic E-state index is -4.89. The molecule has 4 heterocycles. The van der Waals surface area contributed by atoms with Gasteiger partial charge in [-0.1, -0.05) is 39.8 Å². The van der Waals surface area contributed by atoms with Gasteiger partial charge in [-0.05, 0) is 58.6 Å². The number of aromatic nitrogens is 6. The zero-order valence-electron chi connectivity index (χ0n) is 49.3. The van der Waals surface area contributed by atoms with E-state index >= 15 is 0 Å². The lowest BCUT2D eigenvalue weighted by molar-refractivity contribution is -0.195. The van der Waals surface area contributed by atoms with Crippen LogP contribution in [0, 0.1) is 0 Å². The van der Waals surface area contributed by atoms with Crippen molar-refractivity contribution in [3.05, 3.63) is 118 Å². The fourth-order valence-electron chi connectivity index (χ4n) is 9.21. The molecule has 3 aromatic carbocycles. The molecule has 4 amide bonds. The molecule has 37 nitrogen and oxygen atoms in total. The fourth-order valence-corrected chi connectivity index (χ4v) is 9.82. The summed E-state index contributed by atoms with van der Waals surface area (Å²) in [6.45, 7) is 1.82. The third-order valence-corrected chi connectivity index (χ3v) is 14.3. The highest BCUT2D eigenvalue weighted by Gasteiger charge is 2.47. The summed E-state index contributed by atoms with van der Waals surface area (Å²) < 4.78 is 120. The first-order chi connectivity index (χ1) is 43.9. The van der Waals surface area contributed by atoms with Crippen LogP contribution in [0.2, 0.25) is 0 Å². The van der Waals surface area contributed by atoms with Crippen molar-refractivity contribution in [2.75, 3.05) is 76.7 Å². The van der Waals surface area contributed by atoms with E-state index in [1.807, 2.05) is 0 Å². The molecule has 7 rings (SSSR count). The van der Waals surface area contributed by atoms with Crippen LogP contribution in [0.3, 0.4) is 0 Å². The lowest BCUT2D eigenvalue weighted by Gasteiger charge is -2.43. The van der Waals surface area contributed by atoms with Gasteiger partial charge in [-0.25, -0.2) is 17.7 Å². The van der Waals surface area contributed by atoms with Crippen LogP contribution >= 0.6 is 0 Å². The van der Waals surface area contributed by atoms with Gasteiger partial charge >= 0.3 is 20.8 Å². The van der Waals surface area contributed by atoms with Gasteiger partial charge < -0.3 is 79.6 Å². The number of carbonyl (C=O) groups excluding carboxylic acids is 4. The molecule has 0 spiro atoms. The van der Waals surface area contributed by atoms with Crippen molar-refractivity contribution in [2.45, 2.75) is 108 Å². The summed E-state index contributed by atoms with van der Waals surface area (Å²) in [5.41, 5.74) is 12.1. The molecule has 92 heavy (non-hydrogen) atoms. The second-order valence-corrected chi connectivity index (χ2v) is 22.6. The monoisotopic (exact) mass is 1340 g/mol. The van der Waals surface area contributed by atoms with Crippen LogP contribution in [0.5, 0.6) is 11.5 Å². The zero-order valence-corrected chi connectivity index (χ0v) is 50.9. The molecule has 0 aliphatic carbocycles. The molecule has 5 aromatic rings. The zero-order chi connectivity index (χ0) is 66.4. The Morgan fingerprint density at radius 3 is 1.38 bits per heavy atom. The Morgan fingerprint density at radius 2 is 1.00 bits per heavy atom. The maximum Gasteiger partial charge on any atom is 0.397 e. The van der Waals surface area contributed by atoms with E-state index in [4.69, 9.17) is 52.5 Å². The van der Waals surface area contributed by atoms with Crippen LogP contribution < -0.4 is 30.7 Å². The summed E-state index contributed by atoms with van der Waals surface area (Å²) in [5, 5.41) is 73.0. The van der Waals surface area contributed by atoms with E-state index in [-0.39, 0.29) is 72.6 Å². The number of hydrogen-bond acceptors (Lipinski definition) is 27. The Labute approximate surface area is 525 Å². The van der Waals surface area contributed by atoms with E-state index in [1.165, 1.54) is 62.4 Å². The van der Waals surface area contributed by atoms with Crippen molar-refractivity contribution in [3.63, 3.8) is 0 Å². The van der Waals surface area contributed by atoms with Crippen LogP contribution in [0.4, 0.5) is 11.4 Å². The van der Waals surface area contributed by atoms with Crippen molar-refractivity contribution >= 4 is 55.8 Å². The maximum absolute atomic E-state index is 12.6. The van der Waals surface area contributed by atoms with E-state index in [0.29, 0.717) is 64.0 Å². The Morgan fingerprint density at radius 1 is 0.598 bits per heavy atom.